The van der Waals surface area contributed by atoms with Crippen molar-refractivity contribution in [3.8, 4) is 5.95 Å². The summed E-state index contributed by atoms with van der Waals surface area (Å²) in [5.41, 5.74) is 1.95. The monoisotopic (exact) mass is 422 g/mol. The molecule has 0 saturated carbocycles. The number of rotatable bonds is 3. The summed E-state index contributed by atoms with van der Waals surface area (Å²) >= 11 is 6.50. The highest BCUT2D eigenvalue weighted by Gasteiger charge is 2.23. The fourth-order valence-electron chi connectivity index (χ4n) is 3.71. The second kappa shape index (κ2) is 7.42. The Kier molecular flexibility index (Phi) is 4.59. The Morgan fingerprint density at radius 1 is 0.967 bits per heavy atom. The zero-order valence-corrected chi connectivity index (χ0v) is 17.1. The van der Waals surface area contributed by atoms with Crippen LogP contribution in [0.3, 0.4) is 0 Å². The predicted octanol–water partition coefficient (Wildman–Crippen LogP) is 1.89. The molecule has 0 radical (unpaired) electrons. The maximum absolute atomic E-state index is 13.0. The van der Waals surface area contributed by atoms with Crippen LogP contribution in [0, 0.1) is 0 Å². The number of fused-ring (bicyclic) bond motifs is 1. The van der Waals surface area contributed by atoms with Crippen LogP contribution >= 0.6 is 11.6 Å². The van der Waals surface area contributed by atoms with Gasteiger partial charge < -0.3 is 14.4 Å². The Morgan fingerprint density at radius 2 is 1.67 bits per heavy atom. The zero-order chi connectivity index (χ0) is 20.7. The number of benzene rings is 1. The summed E-state index contributed by atoms with van der Waals surface area (Å²) in [5, 5.41) is 4.51. The Morgan fingerprint density at radius 3 is 2.40 bits per heavy atom. The average molecular weight is 423 g/mol. The van der Waals surface area contributed by atoms with E-state index in [9.17, 15) is 4.79 Å². The van der Waals surface area contributed by atoms with E-state index in [1.807, 2.05) is 35.9 Å². The van der Waals surface area contributed by atoms with Crippen LogP contribution in [0.25, 0.3) is 17.0 Å². The van der Waals surface area contributed by atoms with Crippen LogP contribution in [-0.4, -0.2) is 55.5 Å². The number of piperazine rings is 1. The Bertz CT molecular complexity index is 1260. The fraction of sp³-hybridized carbons (Fsp3) is 0.250. The van der Waals surface area contributed by atoms with E-state index in [1.54, 1.807) is 24.7 Å². The van der Waals surface area contributed by atoms with E-state index >= 15 is 0 Å². The van der Waals surface area contributed by atoms with Gasteiger partial charge in [-0.1, -0.05) is 23.7 Å². The van der Waals surface area contributed by atoms with Crippen LogP contribution in [0.4, 0.5) is 11.6 Å². The maximum atomic E-state index is 13.0. The minimum absolute atomic E-state index is 0.140. The first-order chi connectivity index (χ1) is 14.6. The molecule has 0 aliphatic carbocycles. The third-order valence-corrected chi connectivity index (χ3v) is 5.66. The van der Waals surface area contributed by atoms with E-state index in [-0.39, 0.29) is 10.6 Å². The highest BCUT2D eigenvalue weighted by molar-refractivity contribution is 6.33. The molecule has 0 bridgehead atoms. The largest absolute Gasteiger partial charge is 0.365 e. The SMILES string of the molecule is Cn1c(-n2ncc(N3CCN(c4ncccn4)CC3)c(Cl)c2=O)nc2ccccc21. The Hall–Kier alpha value is -3.46. The minimum atomic E-state index is -0.388. The predicted molar refractivity (Wildman–Crippen MR) is 116 cm³/mol. The Labute approximate surface area is 177 Å². The number of aromatic nitrogens is 6. The van der Waals surface area contributed by atoms with Crippen molar-refractivity contribution in [1.82, 2.24) is 29.3 Å². The second-order valence-corrected chi connectivity index (χ2v) is 7.42. The molecule has 5 rings (SSSR count). The number of hydrogen-bond acceptors (Lipinski definition) is 7. The van der Waals surface area contributed by atoms with Gasteiger partial charge >= 0.3 is 0 Å². The smallest absolute Gasteiger partial charge is 0.295 e. The van der Waals surface area contributed by atoms with Crippen LogP contribution in [-0.2, 0) is 7.05 Å². The lowest BCUT2D eigenvalue weighted by Gasteiger charge is -2.36. The molecular formula is C20H19ClN8O. The van der Waals surface area contributed by atoms with Crippen molar-refractivity contribution in [2.24, 2.45) is 7.05 Å². The molecule has 0 amide bonds. The zero-order valence-electron chi connectivity index (χ0n) is 16.3. The van der Waals surface area contributed by atoms with Gasteiger partial charge in [0, 0.05) is 45.6 Å². The molecule has 1 saturated heterocycles. The van der Waals surface area contributed by atoms with Crippen molar-refractivity contribution >= 4 is 34.3 Å². The number of aryl methyl sites for hydroxylation is 1. The average Bonchev–Trinajstić information content (AvgIpc) is 3.13. The topological polar surface area (TPSA) is 85.0 Å². The Balaban J connectivity index is 1.43. The van der Waals surface area contributed by atoms with Crippen molar-refractivity contribution in [2.45, 2.75) is 0 Å². The second-order valence-electron chi connectivity index (χ2n) is 7.04. The standard InChI is InChI=1S/C20H19ClN8O/c1-26-15-6-3-2-5-14(15)25-20(26)29-18(30)17(21)16(13-24-29)27-9-11-28(12-10-27)19-22-7-4-8-23-19/h2-8,13H,9-12H2,1H3. The molecule has 1 aliphatic rings. The molecule has 1 fully saturated rings. The molecule has 1 aromatic carbocycles. The van der Waals surface area contributed by atoms with E-state index in [0.717, 1.165) is 24.1 Å². The summed E-state index contributed by atoms with van der Waals surface area (Å²) in [6.45, 7) is 2.84. The van der Waals surface area contributed by atoms with E-state index in [4.69, 9.17) is 11.6 Å². The summed E-state index contributed by atoms with van der Waals surface area (Å²) in [7, 11) is 1.85. The molecule has 4 heterocycles. The van der Waals surface area contributed by atoms with Gasteiger partial charge in [0.2, 0.25) is 11.9 Å². The molecule has 4 aromatic rings. The van der Waals surface area contributed by atoms with Gasteiger partial charge in [-0.2, -0.15) is 9.78 Å². The van der Waals surface area contributed by atoms with Gasteiger partial charge in [0.05, 0.1) is 22.9 Å². The lowest BCUT2D eigenvalue weighted by Crippen LogP contribution is -2.47. The molecule has 1 aliphatic heterocycles. The van der Waals surface area contributed by atoms with Crippen molar-refractivity contribution < 1.29 is 0 Å². The number of anilines is 2. The molecular weight excluding hydrogens is 404 g/mol. The third-order valence-electron chi connectivity index (χ3n) is 5.31. The van der Waals surface area contributed by atoms with Crippen molar-refractivity contribution in [2.75, 3.05) is 36.0 Å². The van der Waals surface area contributed by atoms with E-state index in [2.05, 4.69) is 29.9 Å². The van der Waals surface area contributed by atoms with Gasteiger partial charge in [-0.25, -0.2) is 15.0 Å². The van der Waals surface area contributed by atoms with Crippen LogP contribution in [0.2, 0.25) is 5.02 Å². The molecule has 0 unspecified atom stereocenters. The number of imidazole rings is 1. The molecule has 3 aromatic heterocycles. The molecule has 0 atom stereocenters. The van der Waals surface area contributed by atoms with E-state index < -0.39 is 0 Å². The lowest BCUT2D eigenvalue weighted by molar-refractivity contribution is 0.634. The first-order valence-electron chi connectivity index (χ1n) is 9.60. The summed E-state index contributed by atoms with van der Waals surface area (Å²) in [5.74, 6) is 1.14. The summed E-state index contributed by atoms with van der Waals surface area (Å²) < 4.78 is 3.08. The van der Waals surface area contributed by atoms with Gasteiger partial charge in [0.15, 0.2) is 0 Å². The van der Waals surface area contributed by atoms with Crippen molar-refractivity contribution in [3.05, 3.63) is 64.3 Å². The first-order valence-corrected chi connectivity index (χ1v) is 9.98. The van der Waals surface area contributed by atoms with E-state index in [1.165, 1.54) is 4.68 Å². The molecule has 10 heteroatoms. The summed E-state index contributed by atoms with van der Waals surface area (Å²) in [6, 6.07) is 9.48. The lowest BCUT2D eigenvalue weighted by atomic mass is 10.3. The highest BCUT2D eigenvalue weighted by atomic mass is 35.5. The third kappa shape index (κ3) is 3.07. The van der Waals surface area contributed by atoms with Crippen LogP contribution in [0.1, 0.15) is 0 Å². The van der Waals surface area contributed by atoms with Crippen LogP contribution < -0.4 is 15.4 Å². The molecule has 9 nitrogen and oxygen atoms in total. The van der Waals surface area contributed by atoms with Crippen LogP contribution in [0.5, 0.6) is 0 Å². The summed E-state index contributed by atoms with van der Waals surface area (Å²) in [6.07, 6.45) is 5.10. The quantitative estimate of drug-likeness (QED) is 0.498. The number of halogens is 1. The maximum Gasteiger partial charge on any atom is 0.295 e. The van der Waals surface area contributed by atoms with Gasteiger partial charge in [-0.15, -0.1) is 0 Å². The first kappa shape index (κ1) is 18.6. The number of nitrogens with zero attached hydrogens (tertiary/aromatic N) is 8. The normalized spacial score (nSPS) is 14.5. The summed E-state index contributed by atoms with van der Waals surface area (Å²) in [4.78, 5) is 30.3. The molecule has 30 heavy (non-hydrogen) atoms. The van der Waals surface area contributed by atoms with E-state index in [0.29, 0.717) is 30.7 Å². The number of hydrogen-bond donors (Lipinski definition) is 0. The van der Waals surface area contributed by atoms with Gasteiger partial charge in [0.1, 0.15) is 5.02 Å². The van der Waals surface area contributed by atoms with Crippen molar-refractivity contribution in [1.29, 1.82) is 0 Å². The molecule has 0 N–H and O–H groups in total. The van der Waals surface area contributed by atoms with Crippen molar-refractivity contribution in [3.63, 3.8) is 0 Å². The van der Waals surface area contributed by atoms with Gasteiger partial charge in [0.25, 0.3) is 5.56 Å². The van der Waals surface area contributed by atoms with Crippen LogP contribution in [0.15, 0.2) is 53.7 Å². The molecule has 0 spiro atoms. The van der Waals surface area contributed by atoms with Gasteiger partial charge in [-0.05, 0) is 18.2 Å². The number of para-hydroxylation sites is 2. The minimum Gasteiger partial charge on any atom is -0.365 e. The van der Waals surface area contributed by atoms with Gasteiger partial charge in [-0.3, -0.25) is 4.79 Å². The highest BCUT2D eigenvalue weighted by Crippen LogP contribution is 2.24. The fourth-order valence-corrected chi connectivity index (χ4v) is 3.96. The molecule has 152 valence electrons.